The first-order valence-corrected chi connectivity index (χ1v) is 12.4. The van der Waals surface area contributed by atoms with Gasteiger partial charge in [-0.2, -0.15) is 0 Å². The van der Waals surface area contributed by atoms with Gasteiger partial charge in [0, 0.05) is 36.1 Å². The van der Waals surface area contributed by atoms with Gasteiger partial charge in [-0.1, -0.05) is 24.3 Å². The molecule has 1 aliphatic heterocycles. The topological polar surface area (TPSA) is 46.5 Å². The van der Waals surface area contributed by atoms with Crippen molar-refractivity contribution in [2.75, 3.05) is 20.2 Å². The van der Waals surface area contributed by atoms with Gasteiger partial charge in [0.15, 0.2) is 0 Å². The SMILES string of the molecule is CCn1cc(CN2CCC(C(=O)NC3CCCc4ccccc43)CC2)c2cc(OC)ccc21. The molecule has 174 valence electrons. The van der Waals surface area contributed by atoms with E-state index >= 15 is 0 Å². The molecule has 5 rings (SSSR count). The van der Waals surface area contributed by atoms with E-state index < -0.39 is 0 Å². The Kier molecular flexibility index (Phi) is 6.41. The average molecular weight is 446 g/mol. The highest BCUT2D eigenvalue weighted by Crippen LogP contribution is 2.31. The van der Waals surface area contributed by atoms with Gasteiger partial charge in [-0.05, 0) is 87.0 Å². The number of benzene rings is 2. The number of ether oxygens (including phenoxy) is 1. The number of amides is 1. The Morgan fingerprint density at radius 1 is 1.12 bits per heavy atom. The Balaban J connectivity index is 1.21. The first-order chi connectivity index (χ1) is 16.2. The lowest BCUT2D eigenvalue weighted by molar-refractivity contribution is -0.127. The Hall–Kier alpha value is -2.79. The van der Waals surface area contributed by atoms with Crippen LogP contribution in [-0.4, -0.2) is 35.6 Å². The number of likely N-dealkylation sites (tertiary alicyclic amines) is 1. The van der Waals surface area contributed by atoms with Gasteiger partial charge in [-0.15, -0.1) is 0 Å². The molecule has 3 aromatic rings. The highest BCUT2D eigenvalue weighted by Gasteiger charge is 2.29. The summed E-state index contributed by atoms with van der Waals surface area (Å²) < 4.78 is 7.78. The van der Waals surface area contributed by atoms with E-state index in [4.69, 9.17) is 4.74 Å². The predicted octanol–water partition coefficient (Wildman–Crippen LogP) is 5.08. The standard InChI is InChI=1S/C28H35N3O2/c1-3-31-19-22(25-17-23(33-2)11-12-27(25)31)18-30-15-13-21(14-16-30)28(32)29-26-10-6-8-20-7-4-5-9-24(20)26/h4-5,7,9,11-12,17,19,21,26H,3,6,8,10,13-16,18H2,1-2H3,(H,29,32). The van der Waals surface area contributed by atoms with Gasteiger partial charge in [-0.25, -0.2) is 0 Å². The molecule has 33 heavy (non-hydrogen) atoms. The molecular formula is C28H35N3O2. The second-order valence-corrected chi connectivity index (χ2v) is 9.53. The quantitative estimate of drug-likeness (QED) is 0.576. The molecule has 1 fully saturated rings. The second-order valence-electron chi connectivity index (χ2n) is 9.53. The maximum Gasteiger partial charge on any atom is 0.223 e. The zero-order chi connectivity index (χ0) is 22.8. The summed E-state index contributed by atoms with van der Waals surface area (Å²) in [5.41, 5.74) is 5.31. The number of fused-ring (bicyclic) bond motifs is 2. The van der Waals surface area contributed by atoms with Gasteiger partial charge in [0.05, 0.1) is 13.2 Å². The van der Waals surface area contributed by atoms with Crippen LogP contribution in [-0.2, 0) is 24.3 Å². The molecule has 0 radical (unpaired) electrons. The number of hydrogen-bond donors (Lipinski definition) is 1. The number of hydrogen-bond acceptors (Lipinski definition) is 3. The fourth-order valence-electron chi connectivity index (χ4n) is 5.65. The molecule has 0 spiro atoms. The van der Waals surface area contributed by atoms with Crippen molar-refractivity contribution in [1.29, 1.82) is 0 Å². The van der Waals surface area contributed by atoms with Gasteiger partial charge < -0.3 is 14.6 Å². The van der Waals surface area contributed by atoms with E-state index in [0.717, 1.165) is 64.0 Å². The van der Waals surface area contributed by atoms with Crippen molar-refractivity contribution in [2.45, 2.75) is 58.2 Å². The van der Waals surface area contributed by atoms with Crippen molar-refractivity contribution >= 4 is 16.8 Å². The minimum atomic E-state index is 0.118. The molecule has 1 saturated heterocycles. The van der Waals surface area contributed by atoms with Crippen molar-refractivity contribution < 1.29 is 9.53 Å². The van der Waals surface area contributed by atoms with Crippen LogP contribution in [0.1, 0.15) is 55.3 Å². The summed E-state index contributed by atoms with van der Waals surface area (Å²) in [6.45, 7) is 5.98. The molecule has 1 atom stereocenters. The normalized spacial score (nSPS) is 19.4. The van der Waals surface area contributed by atoms with Crippen molar-refractivity contribution in [3.63, 3.8) is 0 Å². The number of aryl methyl sites for hydroxylation is 2. The Morgan fingerprint density at radius 2 is 1.94 bits per heavy atom. The van der Waals surface area contributed by atoms with Crippen LogP contribution < -0.4 is 10.1 Å². The summed E-state index contributed by atoms with van der Waals surface area (Å²) in [4.78, 5) is 15.6. The number of piperidine rings is 1. The fourth-order valence-corrected chi connectivity index (χ4v) is 5.65. The van der Waals surface area contributed by atoms with E-state index in [-0.39, 0.29) is 17.9 Å². The Bertz CT molecular complexity index is 1130. The van der Waals surface area contributed by atoms with Crippen LogP contribution in [0.25, 0.3) is 10.9 Å². The van der Waals surface area contributed by atoms with Gasteiger partial charge in [0.25, 0.3) is 0 Å². The van der Waals surface area contributed by atoms with Gasteiger partial charge in [0.2, 0.25) is 5.91 Å². The molecule has 0 saturated carbocycles. The smallest absolute Gasteiger partial charge is 0.223 e. The highest BCUT2D eigenvalue weighted by atomic mass is 16.5. The van der Waals surface area contributed by atoms with Crippen molar-refractivity contribution in [2.24, 2.45) is 5.92 Å². The molecule has 1 aromatic heterocycles. The minimum Gasteiger partial charge on any atom is -0.497 e. The van der Waals surface area contributed by atoms with Gasteiger partial charge >= 0.3 is 0 Å². The summed E-state index contributed by atoms with van der Waals surface area (Å²) >= 11 is 0. The maximum absolute atomic E-state index is 13.1. The molecular weight excluding hydrogens is 410 g/mol. The van der Waals surface area contributed by atoms with Gasteiger partial charge in [0.1, 0.15) is 5.75 Å². The third-order valence-electron chi connectivity index (χ3n) is 7.55. The lowest BCUT2D eigenvalue weighted by Gasteiger charge is -2.33. The molecule has 5 heteroatoms. The molecule has 5 nitrogen and oxygen atoms in total. The van der Waals surface area contributed by atoms with Crippen molar-refractivity contribution in [3.05, 3.63) is 65.4 Å². The Labute approximate surface area is 196 Å². The number of carbonyl (C=O) groups is 1. The monoisotopic (exact) mass is 445 g/mol. The lowest BCUT2D eigenvalue weighted by Crippen LogP contribution is -2.41. The molecule has 2 aliphatic rings. The largest absolute Gasteiger partial charge is 0.497 e. The summed E-state index contributed by atoms with van der Waals surface area (Å²) in [5.74, 6) is 1.26. The number of aromatic nitrogens is 1. The minimum absolute atomic E-state index is 0.118. The molecule has 1 unspecified atom stereocenters. The maximum atomic E-state index is 13.1. The van der Waals surface area contributed by atoms with E-state index in [9.17, 15) is 4.79 Å². The van der Waals surface area contributed by atoms with Crippen LogP contribution >= 0.6 is 0 Å². The fraction of sp³-hybridized carbons (Fsp3) is 0.464. The molecule has 2 heterocycles. The van der Waals surface area contributed by atoms with Crippen LogP contribution in [0.3, 0.4) is 0 Å². The summed E-state index contributed by atoms with van der Waals surface area (Å²) in [6.07, 6.45) is 7.46. The first-order valence-electron chi connectivity index (χ1n) is 12.4. The Morgan fingerprint density at radius 3 is 2.73 bits per heavy atom. The van der Waals surface area contributed by atoms with E-state index in [1.807, 2.05) is 6.07 Å². The molecule has 1 amide bonds. The summed E-state index contributed by atoms with van der Waals surface area (Å²) in [6, 6.07) is 15.1. The first kappa shape index (κ1) is 22.0. The van der Waals surface area contributed by atoms with Crippen LogP contribution in [0.4, 0.5) is 0 Å². The summed E-state index contributed by atoms with van der Waals surface area (Å²) in [5, 5.41) is 4.65. The molecule has 1 N–H and O–H groups in total. The van der Waals surface area contributed by atoms with Crippen LogP contribution in [0.5, 0.6) is 5.75 Å². The molecule has 0 bridgehead atoms. The van der Waals surface area contributed by atoms with Crippen LogP contribution in [0, 0.1) is 5.92 Å². The number of nitrogens with zero attached hydrogens (tertiary/aromatic N) is 2. The molecule has 1 aliphatic carbocycles. The second kappa shape index (κ2) is 9.60. The number of rotatable bonds is 6. The van der Waals surface area contributed by atoms with E-state index in [1.165, 1.54) is 27.6 Å². The number of carbonyl (C=O) groups excluding carboxylic acids is 1. The van der Waals surface area contributed by atoms with Crippen molar-refractivity contribution in [1.82, 2.24) is 14.8 Å². The van der Waals surface area contributed by atoms with E-state index in [1.54, 1.807) is 7.11 Å². The van der Waals surface area contributed by atoms with Crippen LogP contribution in [0.2, 0.25) is 0 Å². The van der Waals surface area contributed by atoms with Gasteiger partial charge in [-0.3, -0.25) is 9.69 Å². The number of nitrogens with one attached hydrogen (secondary N) is 1. The summed E-state index contributed by atoms with van der Waals surface area (Å²) in [7, 11) is 1.72. The lowest BCUT2D eigenvalue weighted by atomic mass is 9.87. The van der Waals surface area contributed by atoms with E-state index in [2.05, 4.69) is 64.3 Å². The predicted molar refractivity (Wildman–Crippen MR) is 132 cm³/mol. The average Bonchev–Trinajstić information content (AvgIpc) is 3.21. The third-order valence-corrected chi connectivity index (χ3v) is 7.55. The zero-order valence-electron chi connectivity index (χ0n) is 19.8. The zero-order valence-corrected chi connectivity index (χ0v) is 19.8. The number of methoxy groups -OCH3 is 1. The van der Waals surface area contributed by atoms with Crippen molar-refractivity contribution in [3.8, 4) is 5.75 Å². The van der Waals surface area contributed by atoms with E-state index in [0.29, 0.717) is 0 Å². The molecule has 2 aromatic carbocycles. The third kappa shape index (κ3) is 4.51. The highest BCUT2D eigenvalue weighted by molar-refractivity contribution is 5.85. The van der Waals surface area contributed by atoms with Crippen LogP contribution in [0.15, 0.2) is 48.7 Å².